The molecule has 0 unspecified atom stereocenters. The second-order valence-electron chi connectivity index (χ2n) is 5.72. The second-order valence-corrected chi connectivity index (χ2v) is 5.72. The van der Waals surface area contributed by atoms with Gasteiger partial charge in [0.05, 0.1) is 12.2 Å². The van der Waals surface area contributed by atoms with Gasteiger partial charge >= 0.3 is 0 Å². The normalized spacial score (nSPS) is 17.8. The van der Waals surface area contributed by atoms with Gasteiger partial charge in [-0.15, -0.1) is 0 Å². The smallest absolute Gasteiger partial charge is 0.158 e. The van der Waals surface area contributed by atoms with Crippen LogP contribution in [0.1, 0.15) is 33.5 Å². The van der Waals surface area contributed by atoms with Gasteiger partial charge in [0.25, 0.3) is 0 Å². The number of nitrogens with one attached hydrogen (secondary N) is 1. The van der Waals surface area contributed by atoms with E-state index in [9.17, 15) is 0 Å². The van der Waals surface area contributed by atoms with E-state index in [1.807, 2.05) is 13.0 Å². The molecular formula is C15H26N4O2. The summed E-state index contributed by atoms with van der Waals surface area (Å²) in [6, 6.07) is 2.00. The molecule has 0 saturated carbocycles. The first-order chi connectivity index (χ1) is 10.0. The van der Waals surface area contributed by atoms with Crippen molar-refractivity contribution in [3.8, 4) is 0 Å². The maximum atomic E-state index is 5.76. The van der Waals surface area contributed by atoms with Gasteiger partial charge in [-0.1, -0.05) is 0 Å². The maximum absolute atomic E-state index is 5.76. The molecule has 6 nitrogen and oxygen atoms in total. The van der Waals surface area contributed by atoms with Crippen LogP contribution in [0.4, 0.5) is 11.6 Å². The first-order valence-corrected chi connectivity index (χ1v) is 7.62. The SMILES string of the molecule is CCNc1cc(N2CCOC(C)(C)C2)nc(COCC)n1. The molecule has 1 aromatic heterocycles. The molecule has 0 aromatic carbocycles. The van der Waals surface area contributed by atoms with Gasteiger partial charge in [0.2, 0.25) is 0 Å². The van der Waals surface area contributed by atoms with Crippen molar-refractivity contribution >= 4 is 11.6 Å². The van der Waals surface area contributed by atoms with Crippen molar-refractivity contribution in [2.24, 2.45) is 0 Å². The van der Waals surface area contributed by atoms with Crippen LogP contribution in [0.3, 0.4) is 0 Å². The summed E-state index contributed by atoms with van der Waals surface area (Å²) in [5.41, 5.74) is -0.151. The number of anilines is 2. The van der Waals surface area contributed by atoms with Crippen LogP contribution in [0.25, 0.3) is 0 Å². The zero-order chi connectivity index (χ0) is 15.3. The summed E-state index contributed by atoms with van der Waals surface area (Å²) in [5.74, 6) is 2.50. The number of hydrogen-bond acceptors (Lipinski definition) is 6. The van der Waals surface area contributed by atoms with E-state index >= 15 is 0 Å². The third-order valence-electron chi connectivity index (χ3n) is 3.30. The van der Waals surface area contributed by atoms with Crippen LogP contribution in [0.2, 0.25) is 0 Å². The highest BCUT2D eigenvalue weighted by atomic mass is 16.5. The van der Waals surface area contributed by atoms with E-state index in [0.717, 1.165) is 37.1 Å². The minimum atomic E-state index is -0.151. The molecule has 1 N–H and O–H groups in total. The topological polar surface area (TPSA) is 59.5 Å². The summed E-state index contributed by atoms with van der Waals surface area (Å²) in [4.78, 5) is 11.4. The Labute approximate surface area is 126 Å². The molecule has 2 heterocycles. The molecule has 0 bridgehead atoms. The zero-order valence-corrected chi connectivity index (χ0v) is 13.5. The summed E-state index contributed by atoms with van der Waals surface area (Å²) in [7, 11) is 0. The molecule has 0 amide bonds. The average molecular weight is 294 g/mol. The van der Waals surface area contributed by atoms with Crippen LogP contribution >= 0.6 is 0 Å². The Morgan fingerprint density at radius 1 is 1.38 bits per heavy atom. The lowest BCUT2D eigenvalue weighted by Crippen LogP contribution is -2.48. The van der Waals surface area contributed by atoms with Gasteiger partial charge in [0.15, 0.2) is 5.82 Å². The molecule has 0 atom stereocenters. The van der Waals surface area contributed by atoms with Gasteiger partial charge in [0, 0.05) is 32.3 Å². The molecule has 0 radical (unpaired) electrons. The maximum Gasteiger partial charge on any atom is 0.158 e. The van der Waals surface area contributed by atoms with E-state index in [2.05, 4.69) is 41.0 Å². The summed E-state index contributed by atoms with van der Waals surface area (Å²) >= 11 is 0. The van der Waals surface area contributed by atoms with E-state index in [4.69, 9.17) is 9.47 Å². The molecule has 1 fully saturated rings. The molecule has 1 saturated heterocycles. The molecule has 2 rings (SSSR count). The van der Waals surface area contributed by atoms with Gasteiger partial charge < -0.3 is 19.7 Å². The van der Waals surface area contributed by atoms with Gasteiger partial charge in [-0.2, -0.15) is 0 Å². The van der Waals surface area contributed by atoms with Crippen molar-refractivity contribution in [3.63, 3.8) is 0 Å². The fourth-order valence-electron chi connectivity index (χ4n) is 2.39. The first kappa shape index (κ1) is 16.0. The van der Waals surface area contributed by atoms with Crippen LogP contribution in [0.15, 0.2) is 6.07 Å². The highest BCUT2D eigenvalue weighted by Crippen LogP contribution is 2.23. The number of aromatic nitrogens is 2. The average Bonchev–Trinajstić information content (AvgIpc) is 2.44. The predicted molar refractivity (Wildman–Crippen MR) is 83.8 cm³/mol. The van der Waals surface area contributed by atoms with Crippen molar-refractivity contribution in [3.05, 3.63) is 11.9 Å². The number of hydrogen-bond donors (Lipinski definition) is 1. The molecule has 6 heteroatoms. The van der Waals surface area contributed by atoms with Gasteiger partial charge in [-0.3, -0.25) is 0 Å². The van der Waals surface area contributed by atoms with E-state index in [1.165, 1.54) is 0 Å². The van der Waals surface area contributed by atoms with E-state index in [0.29, 0.717) is 19.8 Å². The Balaban J connectivity index is 2.21. The highest BCUT2D eigenvalue weighted by molar-refractivity contribution is 5.50. The lowest BCUT2D eigenvalue weighted by atomic mass is 10.1. The number of morpholine rings is 1. The third-order valence-corrected chi connectivity index (χ3v) is 3.30. The Morgan fingerprint density at radius 2 is 2.19 bits per heavy atom. The first-order valence-electron chi connectivity index (χ1n) is 7.62. The largest absolute Gasteiger partial charge is 0.374 e. The Bertz CT molecular complexity index is 465. The molecule has 1 aliphatic heterocycles. The molecule has 0 spiro atoms. The molecule has 1 aromatic rings. The van der Waals surface area contributed by atoms with Gasteiger partial charge in [-0.25, -0.2) is 9.97 Å². The van der Waals surface area contributed by atoms with E-state index < -0.39 is 0 Å². The van der Waals surface area contributed by atoms with Crippen molar-refractivity contribution in [2.45, 2.75) is 39.9 Å². The van der Waals surface area contributed by atoms with Crippen molar-refractivity contribution in [2.75, 3.05) is 43.1 Å². The highest BCUT2D eigenvalue weighted by Gasteiger charge is 2.28. The van der Waals surface area contributed by atoms with Gasteiger partial charge in [-0.05, 0) is 27.7 Å². The Hall–Kier alpha value is -1.40. The molecule has 1 aliphatic rings. The lowest BCUT2D eigenvalue weighted by Gasteiger charge is -2.38. The monoisotopic (exact) mass is 294 g/mol. The minimum absolute atomic E-state index is 0.151. The lowest BCUT2D eigenvalue weighted by molar-refractivity contribution is -0.0279. The van der Waals surface area contributed by atoms with E-state index in [1.54, 1.807) is 0 Å². The minimum Gasteiger partial charge on any atom is -0.374 e. The van der Waals surface area contributed by atoms with Crippen LogP contribution < -0.4 is 10.2 Å². The second kappa shape index (κ2) is 7.04. The predicted octanol–water partition coefficient (Wildman–Crippen LogP) is 2.06. The molecule has 0 aliphatic carbocycles. The van der Waals surface area contributed by atoms with Crippen molar-refractivity contribution in [1.82, 2.24) is 9.97 Å². The van der Waals surface area contributed by atoms with Crippen LogP contribution in [-0.2, 0) is 16.1 Å². The van der Waals surface area contributed by atoms with E-state index in [-0.39, 0.29) is 5.60 Å². The van der Waals surface area contributed by atoms with Crippen molar-refractivity contribution < 1.29 is 9.47 Å². The summed E-state index contributed by atoms with van der Waals surface area (Å²) in [5, 5.41) is 3.26. The molecule has 118 valence electrons. The number of ether oxygens (including phenoxy) is 2. The van der Waals surface area contributed by atoms with Crippen LogP contribution in [-0.4, -0.2) is 48.4 Å². The summed E-state index contributed by atoms with van der Waals surface area (Å²) in [6.45, 7) is 12.6. The number of nitrogens with zero attached hydrogens (tertiary/aromatic N) is 3. The summed E-state index contributed by atoms with van der Waals surface area (Å²) in [6.07, 6.45) is 0. The molecular weight excluding hydrogens is 268 g/mol. The van der Waals surface area contributed by atoms with Crippen LogP contribution in [0, 0.1) is 0 Å². The fraction of sp³-hybridized carbons (Fsp3) is 0.733. The Morgan fingerprint density at radius 3 is 2.86 bits per heavy atom. The number of rotatable bonds is 6. The zero-order valence-electron chi connectivity index (χ0n) is 13.5. The quantitative estimate of drug-likeness (QED) is 0.866. The van der Waals surface area contributed by atoms with Crippen LogP contribution in [0.5, 0.6) is 0 Å². The van der Waals surface area contributed by atoms with Gasteiger partial charge in [0.1, 0.15) is 18.2 Å². The Kier molecular flexibility index (Phi) is 5.36. The fourth-order valence-corrected chi connectivity index (χ4v) is 2.39. The molecule has 21 heavy (non-hydrogen) atoms. The third kappa shape index (κ3) is 4.54. The standard InChI is InChI=1S/C15H26N4O2/c1-5-16-12-9-14(18-13(17-12)10-20-6-2)19-7-8-21-15(3,4)11-19/h9H,5-8,10-11H2,1-4H3,(H,16,17,18). The summed E-state index contributed by atoms with van der Waals surface area (Å²) < 4.78 is 11.2. The van der Waals surface area contributed by atoms with Crippen molar-refractivity contribution in [1.29, 1.82) is 0 Å².